The van der Waals surface area contributed by atoms with E-state index in [9.17, 15) is 97.5 Å². The maximum absolute atomic E-state index is 14.7. The fraction of sp³-hybridized carbons (Fsp3) is 0.576. The van der Waals surface area contributed by atoms with Crippen LogP contribution in [-0.2, 0) is 91.2 Å². The van der Waals surface area contributed by atoms with E-state index in [1.165, 1.54) is 25.0 Å². The first kappa shape index (κ1) is 90.0. The van der Waals surface area contributed by atoms with Gasteiger partial charge in [-0.3, -0.25) is 72.1 Å². The molecule has 3 rings (SSSR count). The first-order chi connectivity index (χ1) is 50.5. The van der Waals surface area contributed by atoms with Gasteiger partial charge in [0.15, 0.2) is 5.96 Å². The highest BCUT2D eigenvalue weighted by Gasteiger charge is 2.39. The van der Waals surface area contributed by atoms with Gasteiger partial charge in [0.05, 0.1) is 51.0 Å². The summed E-state index contributed by atoms with van der Waals surface area (Å²) in [5, 5.41) is 79.6. The lowest BCUT2D eigenvalue weighted by Crippen LogP contribution is -2.62. The number of guanidine groups is 1. The molecule has 13 amide bonds. The van der Waals surface area contributed by atoms with Crippen LogP contribution in [0.1, 0.15) is 117 Å². The third kappa shape index (κ3) is 32.0. The second kappa shape index (κ2) is 45.9. The zero-order valence-electron chi connectivity index (χ0n) is 60.6. The van der Waals surface area contributed by atoms with Gasteiger partial charge in [0, 0.05) is 56.0 Å². The molecule has 0 radical (unpaired) electrons. The summed E-state index contributed by atoms with van der Waals surface area (Å²) in [5.74, 6) is -18.6. The molecule has 27 N–H and O–H groups in total. The van der Waals surface area contributed by atoms with Gasteiger partial charge in [-0.15, -0.1) is 0 Å². The van der Waals surface area contributed by atoms with E-state index in [2.05, 4.69) is 88.7 Å². The fourth-order valence-electron chi connectivity index (χ4n) is 10.4. The van der Waals surface area contributed by atoms with E-state index in [-0.39, 0.29) is 62.6 Å². The van der Waals surface area contributed by atoms with Gasteiger partial charge < -0.3 is 122 Å². The number of carboxylic acid groups (broad SMARTS) is 2. The van der Waals surface area contributed by atoms with Crippen molar-refractivity contribution >= 4 is 94.7 Å². The van der Waals surface area contributed by atoms with E-state index in [1.807, 2.05) is 0 Å². The molecule has 0 unspecified atom stereocenters. The van der Waals surface area contributed by atoms with Crippen LogP contribution in [0.5, 0.6) is 0 Å². The number of aliphatic carboxylic acids is 2. The lowest BCUT2D eigenvalue weighted by atomic mass is 9.96. The molecule has 0 bridgehead atoms. The number of carbonyl (C=O) groups excluding carboxylic acids is 13. The maximum Gasteiger partial charge on any atom is 0.326 e. The summed E-state index contributed by atoms with van der Waals surface area (Å²) < 4.78 is 0. The Kier molecular flexibility index (Phi) is 38.6. The average Bonchev–Trinajstić information content (AvgIpc) is 0.954. The molecule has 0 aliphatic carbocycles. The molecule has 592 valence electrons. The Morgan fingerprint density at radius 1 is 0.505 bits per heavy atom. The molecule has 41 nitrogen and oxygen atoms in total. The molecule has 3 aromatic rings. The number of benzene rings is 1. The molecule has 1 aromatic carbocycles. The van der Waals surface area contributed by atoms with Crippen molar-refractivity contribution in [3.63, 3.8) is 0 Å². The Labute approximate surface area is 615 Å². The van der Waals surface area contributed by atoms with Crippen LogP contribution in [0.15, 0.2) is 60.4 Å². The molecule has 107 heavy (non-hydrogen) atoms. The van der Waals surface area contributed by atoms with E-state index >= 15 is 0 Å². The van der Waals surface area contributed by atoms with Gasteiger partial charge in [0.25, 0.3) is 0 Å². The van der Waals surface area contributed by atoms with Crippen molar-refractivity contribution in [2.45, 2.75) is 198 Å². The van der Waals surface area contributed by atoms with Crippen LogP contribution in [0.3, 0.4) is 0 Å². The number of imidazole rings is 2. The number of H-pyrrole nitrogens is 2. The number of nitrogens with zero attached hydrogens (tertiary/aromatic N) is 3. The number of carboxylic acids is 2. The quantitative estimate of drug-likeness (QED) is 0.0142. The van der Waals surface area contributed by atoms with Gasteiger partial charge in [-0.25, -0.2) is 14.8 Å². The SMILES string of the molecule is CC[C@H](C)[C@H](NC(=O)CNC(=O)[C@@H](NC(=O)[C@H](CCC(N)=O)NC(=O)[C@H](Cc1cnc[nH]1)NC(=O)[C@H](CO)NC(=O)[C@H](CO)NC(=O)[C@@H](NC(=O)[C@H](Cc1ccccc1)NC(=O)[C@H](CCCN=C(N)N)NC(=O)[C@H](CC(C)C)NC(=O)[C@H](CC(=O)O)NC(=O)[C@@H](N)Cc1cnc[nH]1)[C@@H](C)CC)[C@@H](C)O)C(=O)O. The Bertz CT molecular complexity index is 3490. The Morgan fingerprint density at radius 2 is 0.953 bits per heavy atom. The smallest absolute Gasteiger partial charge is 0.326 e. The average molecular weight is 1510 g/mol. The van der Waals surface area contributed by atoms with Crippen molar-refractivity contribution < 1.29 is 97.5 Å². The van der Waals surface area contributed by atoms with Gasteiger partial charge in [-0.1, -0.05) is 84.7 Å². The van der Waals surface area contributed by atoms with E-state index in [1.54, 1.807) is 71.9 Å². The molecule has 0 saturated carbocycles. The van der Waals surface area contributed by atoms with E-state index < -0.39 is 225 Å². The number of hydrogen-bond donors (Lipinski definition) is 23. The Balaban J connectivity index is 1.90. The number of primary amides is 1. The number of aliphatic hydroxyl groups excluding tert-OH is 3. The minimum Gasteiger partial charge on any atom is -0.481 e. The molecule has 15 atom stereocenters. The summed E-state index contributed by atoms with van der Waals surface area (Å²) in [7, 11) is 0. The van der Waals surface area contributed by atoms with Crippen LogP contribution >= 0.6 is 0 Å². The van der Waals surface area contributed by atoms with Crippen LogP contribution in [0.2, 0.25) is 0 Å². The Morgan fingerprint density at radius 3 is 1.46 bits per heavy atom. The molecule has 41 heteroatoms. The number of aliphatic imine (C=N–C) groups is 1. The standard InChI is InChI=1S/C66H103N21O20/c1-8-33(5)51(86-60(101)43(21-36-14-11-10-12-15-36)81-55(96)40(16-13-19-73-66(69)70)77-57(98)42(20-32(3)4)80-59(100)45(24-50(93)94)79-54(95)39(67)22-37-25-71-30-75-37)64(105)84-47(29-89)62(103)83-46(28-88)61(102)82-44(23-38-26-72-31-76-38)58(99)78-41(17-18-48(68)91)56(97)87-53(35(7)90)63(104)74-27-49(92)85-52(65(106)107)34(6)9-2/h10-12,14-15,25-26,30-35,39-47,51-53,88-90H,8-9,13,16-24,27-29,67H2,1-7H3,(H2,68,91)(H,71,75)(H,72,76)(H,74,104)(H,77,98)(H,78,99)(H,79,95)(H,80,100)(H,81,96)(H,82,102)(H,83,103)(H,84,105)(H,85,92)(H,86,101)(H,87,97)(H,93,94)(H,106,107)(H4,69,70,73)/t33-,34-,35+,39-,40-,41-,42-,43-,44-,45-,46-,47-,51-,52-,53-/m0/s1. The van der Waals surface area contributed by atoms with Crippen molar-refractivity contribution in [1.29, 1.82) is 0 Å². The zero-order chi connectivity index (χ0) is 80.2. The van der Waals surface area contributed by atoms with Crippen molar-refractivity contribution in [3.8, 4) is 0 Å². The van der Waals surface area contributed by atoms with Crippen LogP contribution in [0.4, 0.5) is 0 Å². The Hall–Kier alpha value is -11.2. The highest BCUT2D eigenvalue weighted by Crippen LogP contribution is 2.15. The molecule has 0 aliphatic heterocycles. The first-order valence-corrected chi connectivity index (χ1v) is 34.6. The zero-order valence-corrected chi connectivity index (χ0v) is 60.6. The van der Waals surface area contributed by atoms with Crippen LogP contribution in [-0.4, -0.2) is 245 Å². The molecule has 0 spiro atoms. The molecule has 0 fully saturated rings. The topological polar surface area (TPSA) is 675 Å². The number of aromatic amines is 2. The van der Waals surface area contributed by atoms with E-state index in [4.69, 9.17) is 22.9 Å². The summed E-state index contributed by atoms with van der Waals surface area (Å²) in [6, 6.07) is -11.4. The summed E-state index contributed by atoms with van der Waals surface area (Å²) in [6.07, 6.45) is 1.12. The summed E-state index contributed by atoms with van der Waals surface area (Å²) in [6.45, 7) is 7.79. The maximum atomic E-state index is 14.7. The largest absolute Gasteiger partial charge is 0.481 e. The monoisotopic (exact) mass is 1510 g/mol. The number of amides is 13. The predicted octanol–water partition coefficient (Wildman–Crippen LogP) is -7.68. The van der Waals surface area contributed by atoms with Gasteiger partial charge >= 0.3 is 11.9 Å². The van der Waals surface area contributed by atoms with Gasteiger partial charge in [-0.2, -0.15) is 0 Å². The number of aromatic nitrogens is 4. The van der Waals surface area contributed by atoms with Crippen LogP contribution in [0.25, 0.3) is 0 Å². The van der Waals surface area contributed by atoms with Crippen molar-refractivity contribution in [3.05, 3.63) is 72.3 Å². The normalized spacial score (nSPS) is 15.3. The number of nitrogens with two attached hydrogens (primary N) is 4. The molecular formula is C66H103N21O20. The van der Waals surface area contributed by atoms with Gasteiger partial charge in [0.1, 0.15) is 66.5 Å². The molecule has 2 heterocycles. The van der Waals surface area contributed by atoms with Crippen molar-refractivity contribution in [2.24, 2.45) is 45.7 Å². The second-order valence-corrected chi connectivity index (χ2v) is 26.0. The first-order valence-electron chi connectivity index (χ1n) is 34.6. The number of carbonyl (C=O) groups is 15. The fourth-order valence-corrected chi connectivity index (χ4v) is 10.4. The van der Waals surface area contributed by atoms with Crippen LogP contribution in [0, 0.1) is 17.8 Å². The summed E-state index contributed by atoms with van der Waals surface area (Å²) in [5.41, 5.74) is 23.7. The number of hydrogen-bond acceptors (Lipinski definition) is 22. The number of nitrogens with one attached hydrogen (secondary N) is 14. The third-order valence-corrected chi connectivity index (χ3v) is 16.8. The number of aliphatic hydroxyl groups is 3. The summed E-state index contributed by atoms with van der Waals surface area (Å²) in [4.78, 5) is 220. The number of rotatable bonds is 49. The molecule has 2 aromatic heterocycles. The second-order valence-electron chi connectivity index (χ2n) is 26.0. The van der Waals surface area contributed by atoms with Gasteiger partial charge in [-0.05, 0) is 55.9 Å². The minimum atomic E-state index is -1.97. The van der Waals surface area contributed by atoms with E-state index in [0.29, 0.717) is 17.7 Å². The highest BCUT2D eigenvalue weighted by molar-refractivity contribution is 6.00. The lowest BCUT2D eigenvalue weighted by molar-refractivity contribution is -0.143. The molecule has 0 saturated heterocycles. The lowest BCUT2D eigenvalue weighted by Gasteiger charge is -2.29. The molecule has 0 aliphatic rings. The van der Waals surface area contributed by atoms with E-state index in [0.717, 1.165) is 6.92 Å². The van der Waals surface area contributed by atoms with Crippen LogP contribution < -0.4 is 86.7 Å². The third-order valence-electron chi connectivity index (χ3n) is 16.8. The highest BCUT2D eigenvalue weighted by atomic mass is 16.4. The predicted molar refractivity (Wildman–Crippen MR) is 379 cm³/mol. The van der Waals surface area contributed by atoms with Crippen molar-refractivity contribution in [1.82, 2.24) is 83.7 Å². The molecular weight excluding hydrogens is 1410 g/mol. The van der Waals surface area contributed by atoms with Crippen molar-refractivity contribution in [2.75, 3.05) is 26.3 Å². The van der Waals surface area contributed by atoms with Gasteiger partial charge in [0.2, 0.25) is 76.8 Å². The summed E-state index contributed by atoms with van der Waals surface area (Å²) >= 11 is 0. The minimum absolute atomic E-state index is 0.0385.